The van der Waals surface area contributed by atoms with Gasteiger partial charge >= 0.3 is 0 Å². The fraction of sp³-hybridized carbons (Fsp3) is 0.917. The number of piperidine rings is 1. The molecule has 1 saturated heterocycles. The molecule has 1 heterocycles. The van der Waals surface area contributed by atoms with Crippen LogP contribution in [0, 0.1) is 5.92 Å². The lowest BCUT2D eigenvalue weighted by molar-refractivity contribution is 0.273. The summed E-state index contributed by atoms with van der Waals surface area (Å²) in [5.41, 5.74) is 0. The Bertz CT molecular complexity index is 392. The summed E-state index contributed by atoms with van der Waals surface area (Å²) in [5.74, 6) is 1.72. The van der Waals surface area contributed by atoms with E-state index in [1.807, 2.05) is 0 Å². The number of guanidine groups is 1. The van der Waals surface area contributed by atoms with E-state index in [9.17, 15) is 8.42 Å². The molecule has 0 aliphatic carbocycles. The van der Waals surface area contributed by atoms with E-state index in [4.69, 9.17) is 0 Å². The molecule has 0 spiro atoms. The Balaban J connectivity index is 0.00000361. The van der Waals surface area contributed by atoms with Crippen LogP contribution < -0.4 is 10.0 Å². The summed E-state index contributed by atoms with van der Waals surface area (Å²) in [6.45, 7) is 5.55. The summed E-state index contributed by atoms with van der Waals surface area (Å²) in [4.78, 5) is 6.54. The molecule has 6 nitrogen and oxygen atoms in total. The number of hydrogen-bond acceptors (Lipinski definition) is 3. The van der Waals surface area contributed by atoms with Gasteiger partial charge in [-0.2, -0.15) is 0 Å². The van der Waals surface area contributed by atoms with Gasteiger partial charge in [0.05, 0.1) is 6.26 Å². The fourth-order valence-electron chi connectivity index (χ4n) is 2.10. The number of sulfonamides is 1. The molecule has 120 valence electrons. The zero-order chi connectivity index (χ0) is 14.3. The van der Waals surface area contributed by atoms with Crippen molar-refractivity contribution in [3.8, 4) is 0 Å². The van der Waals surface area contributed by atoms with Crippen LogP contribution in [0.5, 0.6) is 0 Å². The van der Waals surface area contributed by atoms with Gasteiger partial charge in [-0.1, -0.05) is 6.92 Å². The Hall–Kier alpha value is -0.0900. The van der Waals surface area contributed by atoms with E-state index >= 15 is 0 Å². The topological polar surface area (TPSA) is 73.8 Å². The van der Waals surface area contributed by atoms with Gasteiger partial charge in [-0.3, -0.25) is 4.99 Å². The Morgan fingerprint density at radius 3 is 2.40 bits per heavy atom. The molecule has 0 saturated carbocycles. The van der Waals surface area contributed by atoms with Crippen LogP contribution in [0.2, 0.25) is 0 Å². The molecule has 0 atom stereocenters. The van der Waals surface area contributed by atoms with Gasteiger partial charge < -0.3 is 10.2 Å². The third kappa shape index (κ3) is 8.25. The van der Waals surface area contributed by atoms with Crippen LogP contribution in [0.4, 0.5) is 0 Å². The van der Waals surface area contributed by atoms with Crippen LogP contribution in [0.1, 0.15) is 26.2 Å². The first-order valence-corrected chi connectivity index (χ1v) is 8.71. The average molecular weight is 418 g/mol. The summed E-state index contributed by atoms with van der Waals surface area (Å²) < 4.78 is 24.3. The second-order valence-electron chi connectivity index (χ2n) is 5.16. The van der Waals surface area contributed by atoms with Crippen molar-refractivity contribution in [2.24, 2.45) is 10.9 Å². The summed E-state index contributed by atoms with van der Waals surface area (Å²) >= 11 is 0. The van der Waals surface area contributed by atoms with Crippen LogP contribution in [0.25, 0.3) is 0 Å². The Labute approximate surface area is 139 Å². The lowest BCUT2D eigenvalue weighted by Gasteiger charge is -2.32. The van der Waals surface area contributed by atoms with Gasteiger partial charge in [0.25, 0.3) is 0 Å². The Morgan fingerprint density at radius 2 is 1.90 bits per heavy atom. The monoisotopic (exact) mass is 418 g/mol. The van der Waals surface area contributed by atoms with Crippen molar-refractivity contribution in [2.45, 2.75) is 26.2 Å². The molecule has 0 unspecified atom stereocenters. The molecule has 0 bridgehead atoms. The summed E-state index contributed by atoms with van der Waals surface area (Å²) in [6, 6.07) is 0. The molecule has 1 rings (SSSR count). The number of nitrogens with zero attached hydrogens (tertiary/aromatic N) is 2. The first-order valence-electron chi connectivity index (χ1n) is 6.82. The number of halogens is 1. The maximum absolute atomic E-state index is 10.9. The molecule has 0 radical (unpaired) electrons. The van der Waals surface area contributed by atoms with Crippen LogP contribution >= 0.6 is 24.0 Å². The molecule has 0 aromatic heterocycles. The van der Waals surface area contributed by atoms with Crippen molar-refractivity contribution in [2.75, 3.05) is 39.5 Å². The van der Waals surface area contributed by atoms with E-state index in [0.717, 1.165) is 37.9 Å². The minimum atomic E-state index is -3.08. The van der Waals surface area contributed by atoms with Crippen molar-refractivity contribution >= 4 is 40.0 Å². The summed E-state index contributed by atoms with van der Waals surface area (Å²) in [5, 5.41) is 3.28. The van der Waals surface area contributed by atoms with Gasteiger partial charge in [-0.05, 0) is 25.2 Å². The van der Waals surface area contributed by atoms with Crippen LogP contribution in [-0.4, -0.2) is 58.8 Å². The normalized spacial score (nSPS) is 17.8. The average Bonchev–Trinajstić information content (AvgIpc) is 2.34. The molecule has 1 fully saturated rings. The van der Waals surface area contributed by atoms with E-state index in [1.54, 1.807) is 7.05 Å². The smallest absolute Gasteiger partial charge is 0.208 e. The highest BCUT2D eigenvalue weighted by molar-refractivity contribution is 14.0. The van der Waals surface area contributed by atoms with E-state index in [-0.39, 0.29) is 24.0 Å². The molecule has 2 N–H and O–H groups in total. The fourth-order valence-corrected chi connectivity index (χ4v) is 2.61. The van der Waals surface area contributed by atoms with Crippen LogP contribution in [-0.2, 0) is 10.0 Å². The number of nitrogens with one attached hydrogen (secondary N) is 2. The minimum absolute atomic E-state index is 0. The van der Waals surface area contributed by atoms with E-state index < -0.39 is 10.0 Å². The second kappa shape index (κ2) is 9.78. The standard InChI is InChI=1S/C12H26N4O2S.HI/c1-11-5-9-16(10-6-11)12(13-2)14-7-4-8-15-19(3,17)18;/h11,15H,4-10H2,1-3H3,(H,13,14);1H. The lowest BCUT2D eigenvalue weighted by atomic mass is 10.00. The first-order chi connectivity index (χ1) is 8.92. The van der Waals surface area contributed by atoms with E-state index in [1.165, 1.54) is 19.1 Å². The van der Waals surface area contributed by atoms with Gasteiger partial charge in [0.15, 0.2) is 5.96 Å². The van der Waals surface area contributed by atoms with Crippen molar-refractivity contribution in [1.29, 1.82) is 0 Å². The zero-order valence-electron chi connectivity index (χ0n) is 12.6. The first kappa shape index (κ1) is 19.9. The highest BCUT2D eigenvalue weighted by Crippen LogP contribution is 2.15. The molecule has 1 aliphatic rings. The van der Waals surface area contributed by atoms with Crippen molar-refractivity contribution in [3.63, 3.8) is 0 Å². The maximum Gasteiger partial charge on any atom is 0.208 e. The van der Waals surface area contributed by atoms with Gasteiger partial charge in [0, 0.05) is 33.2 Å². The molecule has 20 heavy (non-hydrogen) atoms. The largest absolute Gasteiger partial charge is 0.356 e. The van der Waals surface area contributed by atoms with E-state index in [0.29, 0.717) is 6.54 Å². The molecule has 0 aromatic rings. The van der Waals surface area contributed by atoms with Crippen molar-refractivity contribution < 1.29 is 8.42 Å². The van der Waals surface area contributed by atoms with Crippen LogP contribution in [0.3, 0.4) is 0 Å². The predicted octanol–water partition coefficient (Wildman–Crippen LogP) is 0.851. The SMILES string of the molecule is CN=C(NCCCNS(C)(=O)=O)N1CCC(C)CC1.I. The van der Waals surface area contributed by atoms with Gasteiger partial charge in [0.2, 0.25) is 10.0 Å². The molecule has 0 amide bonds. The third-order valence-electron chi connectivity index (χ3n) is 3.30. The Morgan fingerprint density at radius 1 is 1.30 bits per heavy atom. The molecular weight excluding hydrogens is 391 g/mol. The molecular formula is C12H27IN4O2S. The van der Waals surface area contributed by atoms with E-state index in [2.05, 4.69) is 26.9 Å². The molecule has 0 aromatic carbocycles. The second-order valence-corrected chi connectivity index (χ2v) is 7.00. The molecule has 1 aliphatic heterocycles. The third-order valence-corrected chi connectivity index (χ3v) is 4.02. The number of aliphatic imine (C=N–C) groups is 1. The Kier molecular flexibility index (Phi) is 9.73. The number of likely N-dealkylation sites (tertiary alicyclic amines) is 1. The summed E-state index contributed by atoms with van der Waals surface area (Å²) in [6.07, 6.45) is 4.33. The van der Waals surface area contributed by atoms with Crippen molar-refractivity contribution in [3.05, 3.63) is 0 Å². The van der Waals surface area contributed by atoms with Gasteiger partial charge in [-0.15, -0.1) is 24.0 Å². The lowest BCUT2D eigenvalue weighted by Crippen LogP contribution is -2.45. The summed E-state index contributed by atoms with van der Waals surface area (Å²) in [7, 11) is -1.29. The molecule has 8 heteroatoms. The van der Waals surface area contributed by atoms with Crippen molar-refractivity contribution in [1.82, 2.24) is 14.9 Å². The quantitative estimate of drug-likeness (QED) is 0.301. The van der Waals surface area contributed by atoms with Gasteiger partial charge in [0.1, 0.15) is 0 Å². The van der Waals surface area contributed by atoms with Gasteiger partial charge in [-0.25, -0.2) is 13.1 Å². The zero-order valence-corrected chi connectivity index (χ0v) is 15.7. The maximum atomic E-state index is 10.9. The van der Waals surface area contributed by atoms with Crippen LogP contribution in [0.15, 0.2) is 4.99 Å². The highest BCUT2D eigenvalue weighted by Gasteiger charge is 2.18. The highest BCUT2D eigenvalue weighted by atomic mass is 127. The number of hydrogen-bond donors (Lipinski definition) is 2. The number of rotatable bonds is 5. The predicted molar refractivity (Wildman–Crippen MR) is 94.2 cm³/mol. The minimum Gasteiger partial charge on any atom is -0.356 e.